The Morgan fingerprint density at radius 2 is 2.44 bits per heavy atom. The smallest absolute Gasteiger partial charge is 0.236 e. The van der Waals surface area contributed by atoms with Crippen molar-refractivity contribution in [1.82, 2.24) is 10.4 Å². The number of aliphatic imine (C=N–C) groups is 1. The van der Waals surface area contributed by atoms with Crippen LogP contribution in [0, 0.1) is 5.41 Å². The third kappa shape index (κ3) is 2.05. The van der Waals surface area contributed by atoms with Crippen molar-refractivity contribution in [3.8, 4) is 0 Å². The van der Waals surface area contributed by atoms with E-state index in [0.717, 1.165) is 0 Å². The van der Waals surface area contributed by atoms with Crippen LogP contribution < -0.4 is 5.43 Å². The van der Waals surface area contributed by atoms with Crippen LogP contribution in [0.4, 0.5) is 0 Å². The quantitative estimate of drug-likeness (QED) is 0.315. The van der Waals surface area contributed by atoms with Gasteiger partial charge in [-0.25, -0.2) is 10.4 Å². The van der Waals surface area contributed by atoms with E-state index in [1.165, 1.54) is 11.2 Å². The van der Waals surface area contributed by atoms with Gasteiger partial charge in [-0.3, -0.25) is 10.4 Å². The van der Waals surface area contributed by atoms with Gasteiger partial charge in [0.05, 0.1) is 0 Å². The highest BCUT2D eigenvalue weighted by Crippen LogP contribution is 1.82. The normalized spacial score (nSPS) is 8.11. The molecule has 0 aromatic carbocycles. The molecule has 0 bridgehead atoms. The van der Waals surface area contributed by atoms with Crippen molar-refractivity contribution in [1.29, 1.82) is 5.41 Å². The molecule has 0 aromatic rings. The molecule has 0 aliphatic heterocycles. The molecular weight excluding hydrogens is 116 g/mol. The Morgan fingerprint density at radius 1 is 1.89 bits per heavy atom. The zero-order valence-corrected chi connectivity index (χ0v) is 5.39. The van der Waals surface area contributed by atoms with Crippen LogP contribution in [-0.4, -0.2) is 24.7 Å². The van der Waals surface area contributed by atoms with Crippen molar-refractivity contribution >= 4 is 12.7 Å². The summed E-state index contributed by atoms with van der Waals surface area (Å²) in [5.41, 5.74) is 2.66. The lowest BCUT2D eigenvalue weighted by Crippen LogP contribution is -2.33. The van der Waals surface area contributed by atoms with Gasteiger partial charge in [0, 0.05) is 13.2 Å². The van der Waals surface area contributed by atoms with Gasteiger partial charge in [-0.1, -0.05) is 6.58 Å². The first kappa shape index (κ1) is 7.84. The van der Waals surface area contributed by atoms with Crippen LogP contribution in [0.3, 0.4) is 0 Å². The van der Waals surface area contributed by atoms with Gasteiger partial charge < -0.3 is 0 Å². The maximum atomic E-state index is 7.06. The number of hydrogen-bond donors (Lipinski definition) is 2. The third-order valence-electron chi connectivity index (χ3n) is 0.801. The Balaban J connectivity index is 3.93. The van der Waals surface area contributed by atoms with Crippen LogP contribution in [0.5, 0.6) is 0 Å². The predicted octanol–water partition coefficient (Wildman–Crippen LogP) is 0.202. The molecule has 0 radical (unpaired) electrons. The van der Waals surface area contributed by atoms with E-state index in [-0.39, 0.29) is 5.96 Å². The number of guanidine groups is 1. The van der Waals surface area contributed by atoms with Crippen molar-refractivity contribution in [3.05, 3.63) is 12.8 Å². The van der Waals surface area contributed by atoms with Gasteiger partial charge in [0.1, 0.15) is 0 Å². The second kappa shape index (κ2) is 3.80. The summed E-state index contributed by atoms with van der Waals surface area (Å²) in [7, 11) is 1.67. The molecule has 0 aliphatic carbocycles. The van der Waals surface area contributed by atoms with Gasteiger partial charge in [-0.2, -0.15) is 0 Å². The Bertz CT molecular complexity index is 129. The molecule has 0 fully saturated rings. The molecule has 0 aliphatic rings. The lowest BCUT2D eigenvalue weighted by molar-refractivity contribution is 0.447. The largest absolute Gasteiger partial charge is 0.266 e. The maximum Gasteiger partial charge on any atom is 0.236 e. The van der Waals surface area contributed by atoms with E-state index in [1.807, 2.05) is 0 Å². The minimum atomic E-state index is 0.0347. The Morgan fingerprint density at radius 3 is 2.56 bits per heavy atom. The summed E-state index contributed by atoms with van der Waals surface area (Å²) in [4.78, 5) is 3.36. The first-order chi connectivity index (χ1) is 4.26. The van der Waals surface area contributed by atoms with E-state index in [0.29, 0.717) is 0 Å². The molecule has 2 N–H and O–H groups in total. The molecule has 4 heteroatoms. The van der Waals surface area contributed by atoms with Crippen LogP contribution >= 0.6 is 0 Å². The molecule has 0 aromatic heterocycles. The lowest BCUT2D eigenvalue weighted by atomic mass is 10.8. The molecule has 0 heterocycles. The Hall–Kier alpha value is -1.16. The highest BCUT2D eigenvalue weighted by molar-refractivity contribution is 5.81. The summed E-state index contributed by atoms with van der Waals surface area (Å²) in [5, 5.41) is 8.40. The number of nitrogens with zero attached hydrogens (tertiary/aromatic N) is 2. The Kier molecular flexibility index (Phi) is 3.31. The number of hydrazine groups is 1. The molecule has 9 heavy (non-hydrogen) atoms. The maximum absolute atomic E-state index is 7.06. The second-order valence-corrected chi connectivity index (χ2v) is 1.26. The molecule has 0 spiro atoms. The molecular formula is C5H10N4. The van der Waals surface area contributed by atoms with Crippen LogP contribution in [0.15, 0.2) is 17.8 Å². The van der Waals surface area contributed by atoms with Crippen LogP contribution in [0.1, 0.15) is 0 Å². The van der Waals surface area contributed by atoms with E-state index in [2.05, 4.69) is 23.7 Å². The summed E-state index contributed by atoms with van der Waals surface area (Å²) in [6, 6.07) is 0. The standard InChI is InChI=1S/C5H10N4/c1-4-9(8-3)5(6)7-2/h4,6,8H,1-2H2,3H3. The van der Waals surface area contributed by atoms with Crippen LogP contribution in [0.2, 0.25) is 0 Å². The number of rotatable bonds is 2. The number of hydrogen-bond acceptors (Lipinski definition) is 2. The molecule has 50 valence electrons. The highest BCUT2D eigenvalue weighted by atomic mass is 15.5. The number of nitrogens with one attached hydrogen (secondary N) is 2. The molecule has 0 rings (SSSR count). The summed E-state index contributed by atoms with van der Waals surface area (Å²) >= 11 is 0. The second-order valence-electron chi connectivity index (χ2n) is 1.26. The summed E-state index contributed by atoms with van der Waals surface area (Å²) < 4.78 is 0. The third-order valence-corrected chi connectivity index (χ3v) is 0.801. The molecule has 0 atom stereocenters. The van der Waals surface area contributed by atoms with E-state index in [4.69, 9.17) is 5.41 Å². The van der Waals surface area contributed by atoms with Gasteiger partial charge in [-0.15, -0.1) is 0 Å². The van der Waals surface area contributed by atoms with Gasteiger partial charge in [0.2, 0.25) is 5.96 Å². The van der Waals surface area contributed by atoms with Crippen molar-refractivity contribution in [2.24, 2.45) is 4.99 Å². The first-order valence-electron chi connectivity index (χ1n) is 2.40. The average Bonchev–Trinajstić information content (AvgIpc) is 1.90. The zero-order chi connectivity index (χ0) is 7.28. The van der Waals surface area contributed by atoms with E-state index in [9.17, 15) is 0 Å². The van der Waals surface area contributed by atoms with Crippen molar-refractivity contribution in [2.45, 2.75) is 0 Å². The first-order valence-corrected chi connectivity index (χ1v) is 2.40. The van der Waals surface area contributed by atoms with E-state index in [1.54, 1.807) is 7.05 Å². The molecule has 0 amide bonds. The van der Waals surface area contributed by atoms with Crippen molar-refractivity contribution in [2.75, 3.05) is 7.05 Å². The molecule has 0 saturated carbocycles. The average molecular weight is 126 g/mol. The van der Waals surface area contributed by atoms with Gasteiger partial charge in [0.15, 0.2) is 0 Å². The van der Waals surface area contributed by atoms with Crippen LogP contribution in [-0.2, 0) is 0 Å². The summed E-state index contributed by atoms with van der Waals surface area (Å²) in [6.45, 7) is 6.61. The van der Waals surface area contributed by atoms with Gasteiger partial charge in [0.25, 0.3) is 0 Å². The zero-order valence-electron chi connectivity index (χ0n) is 5.39. The molecule has 0 saturated heterocycles. The fourth-order valence-corrected chi connectivity index (χ4v) is 0.360. The van der Waals surface area contributed by atoms with Gasteiger partial charge in [-0.05, 0) is 6.72 Å². The minimum absolute atomic E-state index is 0.0347. The van der Waals surface area contributed by atoms with E-state index < -0.39 is 0 Å². The fourth-order valence-electron chi connectivity index (χ4n) is 0.360. The highest BCUT2D eigenvalue weighted by Gasteiger charge is 1.96. The van der Waals surface area contributed by atoms with Gasteiger partial charge >= 0.3 is 0 Å². The fraction of sp³-hybridized carbons (Fsp3) is 0.200. The Labute approximate surface area is 54.4 Å². The lowest BCUT2D eigenvalue weighted by Gasteiger charge is -2.13. The summed E-state index contributed by atoms with van der Waals surface area (Å²) in [5.74, 6) is 0.0347. The minimum Gasteiger partial charge on any atom is -0.266 e. The molecule has 4 nitrogen and oxygen atoms in total. The SMILES string of the molecule is C=CN(NC)C(=N)N=C. The molecule has 0 unspecified atom stereocenters. The van der Waals surface area contributed by atoms with Crippen LogP contribution in [0.25, 0.3) is 0 Å². The predicted molar refractivity (Wildman–Crippen MR) is 38.4 cm³/mol. The monoisotopic (exact) mass is 126 g/mol. The summed E-state index contributed by atoms with van der Waals surface area (Å²) in [6.07, 6.45) is 1.44. The van der Waals surface area contributed by atoms with Crippen molar-refractivity contribution < 1.29 is 0 Å². The van der Waals surface area contributed by atoms with E-state index >= 15 is 0 Å². The topological polar surface area (TPSA) is 51.5 Å². The van der Waals surface area contributed by atoms with Crippen molar-refractivity contribution in [3.63, 3.8) is 0 Å².